The molecule has 3 heteroatoms. The molecule has 2 aliphatic rings. The molecule has 0 aromatic carbocycles. The topological polar surface area (TPSA) is 21.3 Å². The lowest BCUT2D eigenvalue weighted by molar-refractivity contribution is 0.181. The summed E-state index contributed by atoms with van der Waals surface area (Å²) in [5.41, 5.74) is 0. The van der Waals surface area contributed by atoms with Crippen LogP contribution in [0.2, 0.25) is 0 Å². The van der Waals surface area contributed by atoms with Crippen molar-refractivity contribution in [2.45, 2.75) is 19.3 Å². The second-order valence-corrected chi connectivity index (χ2v) is 4.76. The van der Waals surface area contributed by atoms with E-state index in [4.69, 9.17) is 3.07 Å². The predicted molar refractivity (Wildman–Crippen MR) is 57.2 cm³/mol. The van der Waals surface area contributed by atoms with E-state index < -0.39 is 0 Å². The summed E-state index contributed by atoms with van der Waals surface area (Å²) in [6.07, 6.45) is 4.19. The Balaban J connectivity index is 1.84. The molecule has 12 heavy (non-hydrogen) atoms. The predicted octanol–water partition coefficient (Wildman–Crippen LogP) is 1.99. The Kier molecular flexibility index (Phi) is 3.26. The molecule has 70 valence electrons. The van der Waals surface area contributed by atoms with Crippen molar-refractivity contribution in [3.05, 3.63) is 0 Å². The molecule has 1 saturated heterocycles. The first-order valence-electron chi connectivity index (χ1n) is 4.84. The van der Waals surface area contributed by atoms with E-state index in [2.05, 4.69) is 5.32 Å². The summed E-state index contributed by atoms with van der Waals surface area (Å²) < 4.78 is 5.18. The van der Waals surface area contributed by atoms with Gasteiger partial charge >= 0.3 is 0 Å². The van der Waals surface area contributed by atoms with Crippen molar-refractivity contribution in [3.8, 4) is 0 Å². The van der Waals surface area contributed by atoms with Gasteiger partial charge in [-0.05, 0) is 50.1 Å². The van der Waals surface area contributed by atoms with Gasteiger partial charge in [-0.15, -0.1) is 0 Å². The van der Waals surface area contributed by atoms with Gasteiger partial charge in [-0.3, -0.25) is 0 Å². The van der Waals surface area contributed by atoms with Gasteiger partial charge in [0.05, 0.1) is 6.61 Å². The monoisotopic (exact) mass is 281 g/mol. The normalized spacial score (nSPS) is 41.2. The molecule has 1 N–H and O–H groups in total. The Morgan fingerprint density at radius 1 is 1.25 bits per heavy atom. The van der Waals surface area contributed by atoms with Gasteiger partial charge in [0.2, 0.25) is 0 Å². The molecule has 0 radical (unpaired) electrons. The van der Waals surface area contributed by atoms with Gasteiger partial charge in [-0.1, -0.05) is 0 Å². The molecule has 1 aliphatic heterocycles. The van der Waals surface area contributed by atoms with Crippen LogP contribution in [0.1, 0.15) is 19.3 Å². The van der Waals surface area contributed by atoms with Gasteiger partial charge in [0.25, 0.3) is 0 Å². The molecule has 0 amide bonds. The largest absolute Gasteiger partial charge is 0.316 e. The fraction of sp³-hybridized carbons (Fsp3) is 1.00. The minimum Gasteiger partial charge on any atom is -0.316 e. The first kappa shape index (κ1) is 9.21. The van der Waals surface area contributed by atoms with Crippen molar-refractivity contribution in [3.63, 3.8) is 0 Å². The Morgan fingerprint density at radius 3 is 2.92 bits per heavy atom. The molecule has 1 saturated carbocycles. The van der Waals surface area contributed by atoms with Crippen LogP contribution < -0.4 is 5.32 Å². The molecular formula is C9H16INO. The van der Waals surface area contributed by atoms with E-state index in [1.165, 1.54) is 32.4 Å². The summed E-state index contributed by atoms with van der Waals surface area (Å²) in [7, 11) is 0. The minimum absolute atomic E-state index is 0.836. The molecular weight excluding hydrogens is 265 g/mol. The molecule has 0 spiro atoms. The van der Waals surface area contributed by atoms with Crippen molar-refractivity contribution in [2.24, 2.45) is 17.8 Å². The number of hydrogen-bond acceptors (Lipinski definition) is 2. The summed E-state index contributed by atoms with van der Waals surface area (Å²) in [5.74, 6) is 2.77. The van der Waals surface area contributed by atoms with Crippen LogP contribution >= 0.6 is 23.0 Å². The minimum atomic E-state index is 0.836. The number of nitrogens with one attached hydrogen (secondary N) is 1. The van der Waals surface area contributed by atoms with Crippen LogP contribution in [0.15, 0.2) is 0 Å². The zero-order valence-corrected chi connectivity index (χ0v) is 9.42. The standard InChI is InChI=1S/C9H16INO/c10-12-6-7-1-2-8-4-11-5-9(8)3-7/h7-9,11H,1-6H2. The van der Waals surface area contributed by atoms with Crippen LogP contribution in [0.4, 0.5) is 0 Å². The van der Waals surface area contributed by atoms with Crippen LogP contribution in [0.25, 0.3) is 0 Å². The number of rotatable bonds is 2. The van der Waals surface area contributed by atoms with E-state index in [1.807, 2.05) is 23.0 Å². The third-order valence-electron chi connectivity index (χ3n) is 3.36. The lowest BCUT2D eigenvalue weighted by atomic mass is 9.76. The van der Waals surface area contributed by atoms with E-state index in [0.29, 0.717) is 0 Å². The highest BCUT2D eigenvalue weighted by Crippen LogP contribution is 2.36. The summed E-state index contributed by atoms with van der Waals surface area (Å²) in [6, 6.07) is 0. The lowest BCUT2D eigenvalue weighted by Crippen LogP contribution is -2.25. The van der Waals surface area contributed by atoms with E-state index in [0.717, 1.165) is 24.4 Å². The van der Waals surface area contributed by atoms with Crippen LogP contribution in [0.5, 0.6) is 0 Å². The maximum atomic E-state index is 5.18. The highest BCUT2D eigenvalue weighted by atomic mass is 127. The molecule has 0 aromatic heterocycles. The van der Waals surface area contributed by atoms with E-state index >= 15 is 0 Å². The maximum absolute atomic E-state index is 5.18. The quantitative estimate of drug-likeness (QED) is 0.782. The fourth-order valence-corrected chi connectivity index (χ4v) is 3.15. The Labute approximate surface area is 88.1 Å². The SMILES string of the molecule is IOCC1CCC2CNCC2C1. The summed E-state index contributed by atoms with van der Waals surface area (Å²) >= 11 is 2.01. The lowest BCUT2D eigenvalue weighted by Gasteiger charge is -2.30. The average Bonchev–Trinajstić information content (AvgIpc) is 2.51. The number of fused-ring (bicyclic) bond motifs is 1. The van der Waals surface area contributed by atoms with Crippen molar-refractivity contribution in [1.82, 2.24) is 5.32 Å². The van der Waals surface area contributed by atoms with Crippen LogP contribution in [-0.2, 0) is 3.07 Å². The van der Waals surface area contributed by atoms with Gasteiger partial charge in [0.15, 0.2) is 0 Å². The molecule has 0 bridgehead atoms. The van der Waals surface area contributed by atoms with Crippen molar-refractivity contribution < 1.29 is 3.07 Å². The zero-order valence-electron chi connectivity index (χ0n) is 7.26. The molecule has 3 unspecified atom stereocenters. The Bertz CT molecular complexity index is 153. The smallest absolute Gasteiger partial charge is 0.109 e. The molecule has 0 aromatic rings. The molecule has 2 rings (SSSR count). The van der Waals surface area contributed by atoms with Crippen molar-refractivity contribution >= 4 is 23.0 Å². The van der Waals surface area contributed by atoms with Gasteiger partial charge in [0.1, 0.15) is 23.0 Å². The van der Waals surface area contributed by atoms with Crippen LogP contribution in [0, 0.1) is 17.8 Å². The number of halogens is 1. The Morgan fingerprint density at radius 2 is 2.08 bits per heavy atom. The Hall–Kier alpha value is 0.650. The zero-order chi connectivity index (χ0) is 8.39. The summed E-state index contributed by atoms with van der Waals surface area (Å²) in [6.45, 7) is 3.48. The van der Waals surface area contributed by atoms with Gasteiger partial charge < -0.3 is 8.38 Å². The molecule has 2 nitrogen and oxygen atoms in total. The first-order valence-corrected chi connectivity index (χ1v) is 5.72. The average molecular weight is 281 g/mol. The van der Waals surface area contributed by atoms with Crippen molar-refractivity contribution in [1.29, 1.82) is 0 Å². The van der Waals surface area contributed by atoms with Crippen molar-refractivity contribution in [2.75, 3.05) is 19.7 Å². The van der Waals surface area contributed by atoms with E-state index in [-0.39, 0.29) is 0 Å². The second-order valence-electron chi connectivity index (χ2n) is 4.13. The van der Waals surface area contributed by atoms with Gasteiger partial charge in [0, 0.05) is 0 Å². The van der Waals surface area contributed by atoms with E-state index in [9.17, 15) is 0 Å². The highest BCUT2D eigenvalue weighted by Gasteiger charge is 2.33. The highest BCUT2D eigenvalue weighted by molar-refractivity contribution is 14.1. The molecule has 3 atom stereocenters. The summed E-state index contributed by atoms with van der Waals surface area (Å²) in [4.78, 5) is 0. The molecule has 1 heterocycles. The van der Waals surface area contributed by atoms with Crippen LogP contribution in [-0.4, -0.2) is 19.7 Å². The van der Waals surface area contributed by atoms with E-state index in [1.54, 1.807) is 0 Å². The van der Waals surface area contributed by atoms with Gasteiger partial charge in [-0.25, -0.2) is 0 Å². The molecule has 1 aliphatic carbocycles. The number of hydrogen-bond donors (Lipinski definition) is 1. The summed E-state index contributed by atoms with van der Waals surface area (Å²) in [5, 5.41) is 3.48. The van der Waals surface area contributed by atoms with Gasteiger partial charge in [-0.2, -0.15) is 0 Å². The third-order valence-corrected chi connectivity index (χ3v) is 3.72. The third kappa shape index (κ3) is 1.93. The molecule has 2 fully saturated rings. The maximum Gasteiger partial charge on any atom is 0.109 e. The second kappa shape index (κ2) is 4.24. The van der Waals surface area contributed by atoms with Crippen LogP contribution in [0.3, 0.4) is 0 Å². The fourth-order valence-electron chi connectivity index (χ4n) is 2.64. The first-order chi connectivity index (χ1) is 5.90.